The second-order valence-electron chi connectivity index (χ2n) is 7.27. The van der Waals surface area contributed by atoms with E-state index in [0.29, 0.717) is 24.6 Å². The largest absolute Gasteiger partial charge is 0.338 e. The molecule has 3 rings (SSSR count). The van der Waals surface area contributed by atoms with Crippen molar-refractivity contribution in [3.05, 3.63) is 35.4 Å². The lowest BCUT2D eigenvalue weighted by atomic mass is 9.96. The van der Waals surface area contributed by atoms with Crippen LogP contribution in [0.4, 0.5) is 8.78 Å². The molecule has 2 unspecified atom stereocenters. The molecule has 1 aromatic rings. The summed E-state index contributed by atoms with van der Waals surface area (Å²) in [5.41, 5.74) is 0.384. The summed E-state index contributed by atoms with van der Waals surface area (Å²) < 4.78 is 26.9. The normalized spacial score (nSPS) is 26.5. The summed E-state index contributed by atoms with van der Waals surface area (Å²) in [5, 5.41) is 0. The lowest BCUT2D eigenvalue weighted by molar-refractivity contribution is -0.131. The molecule has 2 heterocycles. The molecule has 2 saturated heterocycles. The number of rotatable bonds is 3. The molecule has 1 aromatic carbocycles. The second-order valence-corrected chi connectivity index (χ2v) is 7.27. The number of likely N-dealkylation sites (tertiary alicyclic amines) is 2. The van der Waals surface area contributed by atoms with E-state index in [1.54, 1.807) is 4.90 Å². The van der Waals surface area contributed by atoms with Gasteiger partial charge in [0.05, 0.1) is 0 Å². The molecule has 3 nitrogen and oxygen atoms in total. The fraction of sp³-hybridized carbons (Fsp3) is 0.632. The molecule has 0 spiro atoms. The second kappa shape index (κ2) is 7.60. The smallest absolute Gasteiger partial charge is 0.222 e. The molecular weight excluding hydrogens is 310 g/mol. The Morgan fingerprint density at radius 3 is 2.75 bits per heavy atom. The first-order valence-electron chi connectivity index (χ1n) is 8.98. The molecule has 24 heavy (non-hydrogen) atoms. The fourth-order valence-corrected chi connectivity index (χ4v) is 3.97. The molecule has 132 valence electrons. The van der Waals surface area contributed by atoms with Crippen LogP contribution in [0.2, 0.25) is 0 Å². The van der Waals surface area contributed by atoms with Gasteiger partial charge in [0, 0.05) is 43.7 Å². The summed E-state index contributed by atoms with van der Waals surface area (Å²) in [7, 11) is 0. The summed E-state index contributed by atoms with van der Waals surface area (Å²) >= 11 is 0. The highest BCUT2D eigenvalue weighted by Gasteiger charge is 2.29. The van der Waals surface area contributed by atoms with Crippen molar-refractivity contribution < 1.29 is 13.6 Å². The van der Waals surface area contributed by atoms with Gasteiger partial charge in [-0.1, -0.05) is 13.0 Å². The summed E-state index contributed by atoms with van der Waals surface area (Å²) in [6, 6.07) is 4.01. The van der Waals surface area contributed by atoms with Crippen LogP contribution >= 0.6 is 0 Å². The lowest BCUT2D eigenvalue weighted by Gasteiger charge is -2.37. The van der Waals surface area contributed by atoms with Crippen molar-refractivity contribution in [2.45, 2.75) is 51.6 Å². The van der Waals surface area contributed by atoms with Crippen molar-refractivity contribution in [2.75, 3.05) is 19.6 Å². The number of hydrogen-bond donors (Lipinski definition) is 0. The van der Waals surface area contributed by atoms with E-state index in [9.17, 15) is 13.6 Å². The van der Waals surface area contributed by atoms with E-state index in [4.69, 9.17) is 0 Å². The van der Waals surface area contributed by atoms with Crippen molar-refractivity contribution in [3.8, 4) is 0 Å². The first-order valence-corrected chi connectivity index (χ1v) is 8.98. The van der Waals surface area contributed by atoms with E-state index in [1.807, 2.05) is 0 Å². The van der Waals surface area contributed by atoms with Crippen LogP contribution in [-0.4, -0.2) is 41.4 Å². The maximum atomic E-state index is 13.9. The predicted molar refractivity (Wildman–Crippen MR) is 89.4 cm³/mol. The van der Waals surface area contributed by atoms with E-state index in [2.05, 4.69) is 11.8 Å². The van der Waals surface area contributed by atoms with E-state index in [1.165, 1.54) is 25.0 Å². The Bertz CT molecular complexity index is 593. The van der Waals surface area contributed by atoms with Gasteiger partial charge in [-0.05, 0) is 44.2 Å². The molecule has 0 N–H and O–H groups in total. The number of amides is 1. The van der Waals surface area contributed by atoms with Crippen LogP contribution in [0.25, 0.3) is 0 Å². The van der Waals surface area contributed by atoms with Gasteiger partial charge in [-0.2, -0.15) is 0 Å². The molecule has 1 amide bonds. The van der Waals surface area contributed by atoms with Crippen molar-refractivity contribution in [1.82, 2.24) is 9.80 Å². The minimum atomic E-state index is -0.585. The molecule has 5 heteroatoms. The number of hydrogen-bond acceptors (Lipinski definition) is 2. The van der Waals surface area contributed by atoms with Gasteiger partial charge in [-0.25, -0.2) is 8.78 Å². The number of halogens is 2. The van der Waals surface area contributed by atoms with Gasteiger partial charge in [0.25, 0.3) is 0 Å². The Hall–Kier alpha value is -1.49. The maximum Gasteiger partial charge on any atom is 0.222 e. The minimum absolute atomic E-state index is 0.0753. The van der Waals surface area contributed by atoms with Crippen LogP contribution in [0.3, 0.4) is 0 Å². The van der Waals surface area contributed by atoms with Gasteiger partial charge >= 0.3 is 0 Å². The van der Waals surface area contributed by atoms with Crippen molar-refractivity contribution in [3.63, 3.8) is 0 Å². The average molecular weight is 336 g/mol. The first-order chi connectivity index (χ1) is 11.5. The van der Waals surface area contributed by atoms with E-state index in [-0.39, 0.29) is 12.5 Å². The quantitative estimate of drug-likeness (QED) is 0.842. The number of piperidine rings is 1. The molecule has 0 aliphatic carbocycles. The summed E-state index contributed by atoms with van der Waals surface area (Å²) in [4.78, 5) is 16.7. The van der Waals surface area contributed by atoms with Crippen LogP contribution < -0.4 is 0 Å². The Kier molecular flexibility index (Phi) is 5.49. The molecule has 2 aliphatic heterocycles. The third-order valence-electron chi connectivity index (χ3n) is 5.36. The number of nitrogens with zero attached hydrogens (tertiary/aromatic N) is 2. The van der Waals surface area contributed by atoms with Crippen molar-refractivity contribution in [2.24, 2.45) is 5.92 Å². The summed E-state index contributed by atoms with van der Waals surface area (Å²) in [5.74, 6) is -0.362. The van der Waals surface area contributed by atoms with Gasteiger partial charge in [-0.15, -0.1) is 0 Å². The van der Waals surface area contributed by atoms with Crippen LogP contribution in [0.15, 0.2) is 18.2 Å². The molecule has 2 atom stereocenters. The van der Waals surface area contributed by atoms with Gasteiger partial charge in [0.15, 0.2) is 0 Å². The zero-order valence-electron chi connectivity index (χ0n) is 14.3. The van der Waals surface area contributed by atoms with E-state index >= 15 is 0 Å². The van der Waals surface area contributed by atoms with Crippen molar-refractivity contribution in [1.29, 1.82) is 0 Å². The number of carbonyl (C=O) groups excluding carboxylic acids is 1. The molecule has 0 aromatic heterocycles. The van der Waals surface area contributed by atoms with Crippen LogP contribution in [0.5, 0.6) is 0 Å². The zero-order valence-corrected chi connectivity index (χ0v) is 14.3. The first kappa shape index (κ1) is 17.3. The highest BCUT2D eigenvalue weighted by molar-refractivity contribution is 5.76. The SMILES string of the molecule is CC1CCCN(C2CCC(=O)N(Cc3ccc(F)cc3F)CC2)C1. The monoisotopic (exact) mass is 336 g/mol. The van der Waals surface area contributed by atoms with Gasteiger partial charge in [0.2, 0.25) is 5.91 Å². The topological polar surface area (TPSA) is 23.6 Å². The molecule has 0 bridgehead atoms. The number of carbonyl (C=O) groups is 1. The molecular formula is C19H26F2N2O. The Balaban J connectivity index is 1.63. The highest BCUT2D eigenvalue weighted by Crippen LogP contribution is 2.25. The van der Waals surface area contributed by atoms with Crippen LogP contribution in [0, 0.1) is 17.6 Å². The maximum absolute atomic E-state index is 13.9. The Morgan fingerprint density at radius 2 is 2.00 bits per heavy atom. The van der Waals surface area contributed by atoms with Gasteiger partial charge < -0.3 is 9.80 Å². The minimum Gasteiger partial charge on any atom is -0.338 e. The fourth-order valence-electron chi connectivity index (χ4n) is 3.97. The van der Waals surface area contributed by atoms with Crippen molar-refractivity contribution >= 4 is 5.91 Å². The Labute approximate surface area is 142 Å². The van der Waals surface area contributed by atoms with Crippen LogP contribution in [0.1, 0.15) is 44.6 Å². The highest BCUT2D eigenvalue weighted by atomic mass is 19.1. The molecule has 0 radical (unpaired) electrons. The summed E-state index contributed by atoms with van der Waals surface area (Å²) in [6.45, 7) is 5.40. The predicted octanol–water partition coefficient (Wildman–Crippen LogP) is 3.58. The molecule has 0 saturated carbocycles. The Morgan fingerprint density at radius 1 is 1.17 bits per heavy atom. The standard InChI is InChI=1S/C19H26F2N2O/c1-14-3-2-9-22(12-14)17-6-7-19(24)23(10-8-17)13-15-4-5-16(20)11-18(15)21/h4-5,11,14,17H,2-3,6-10,12-13H2,1H3. The van der Waals surface area contributed by atoms with Crippen LogP contribution in [-0.2, 0) is 11.3 Å². The van der Waals surface area contributed by atoms with E-state index < -0.39 is 11.6 Å². The lowest BCUT2D eigenvalue weighted by Crippen LogP contribution is -2.42. The molecule has 2 aliphatic rings. The third-order valence-corrected chi connectivity index (χ3v) is 5.36. The van der Waals surface area contributed by atoms with Gasteiger partial charge in [0.1, 0.15) is 11.6 Å². The van der Waals surface area contributed by atoms with Gasteiger partial charge in [-0.3, -0.25) is 4.79 Å². The zero-order chi connectivity index (χ0) is 17.1. The number of benzene rings is 1. The summed E-state index contributed by atoms with van der Waals surface area (Å²) in [6.07, 6.45) is 4.85. The third kappa shape index (κ3) is 4.12. The average Bonchev–Trinajstić information content (AvgIpc) is 2.72. The molecule has 2 fully saturated rings. The van der Waals surface area contributed by atoms with E-state index in [0.717, 1.165) is 37.9 Å².